The molecule has 0 unspecified atom stereocenters. The first-order valence-corrected chi connectivity index (χ1v) is 7.55. The summed E-state index contributed by atoms with van der Waals surface area (Å²) in [5.41, 5.74) is 7.50. The van der Waals surface area contributed by atoms with Crippen molar-refractivity contribution in [2.24, 2.45) is 11.7 Å². The van der Waals surface area contributed by atoms with Gasteiger partial charge in [0.25, 0.3) is 5.91 Å². The molecule has 1 saturated heterocycles. The molecule has 2 heterocycles. The molecule has 4 N–H and O–H groups in total. The molecule has 1 aromatic carbocycles. The number of amides is 1. The third-order valence-electron chi connectivity index (χ3n) is 4.26. The summed E-state index contributed by atoms with van der Waals surface area (Å²) in [6, 6.07) is 5.87. The third kappa shape index (κ3) is 3.58. The molecule has 1 aromatic heterocycles. The molecule has 1 aliphatic rings. The Morgan fingerprint density at radius 3 is 2.96 bits per heavy atom. The van der Waals surface area contributed by atoms with E-state index in [1.807, 2.05) is 0 Å². The number of nitrogens with zero attached hydrogens (tertiary/aromatic N) is 2. The first-order chi connectivity index (χ1) is 11.1. The van der Waals surface area contributed by atoms with E-state index in [0.717, 1.165) is 0 Å². The quantitative estimate of drug-likeness (QED) is 0.773. The fraction of sp³-hybridized carbons (Fsp3) is 0.375. The Morgan fingerprint density at radius 1 is 1.46 bits per heavy atom. The maximum absolute atomic E-state index is 13.4. The molecule has 0 spiro atoms. The second-order valence-corrected chi connectivity index (χ2v) is 5.82. The van der Waals surface area contributed by atoms with Crippen LogP contribution in [0.25, 0.3) is 11.3 Å². The Morgan fingerprint density at radius 2 is 2.25 bits per heavy atom. The number of aliphatic hydroxyl groups excluding tert-OH is 1. The molecule has 0 radical (unpaired) electrons. The zero-order valence-electron chi connectivity index (χ0n) is 13.0. The first-order valence-electron chi connectivity index (χ1n) is 7.55. The third-order valence-corrected chi connectivity index (χ3v) is 4.26. The van der Waals surface area contributed by atoms with Crippen LogP contribution in [0.2, 0.25) is 0 Å². The van der Waals surface area contributed by atoms with Gasteiger partial charge in [-0.25, -0.2) is 4.39 Å². The van der Waals surface area contributed by atoms with E-state index < -0.39 is 0 Å². The van der Waals surface area contributed by atoms with E-state index in [4.69, 9.17) is 10.8 Å². The van der Waals surface area contributed by atoms with Crippen molar-refractivity contribution < 1.29 is 14.3 Å². The molecule has 6 nitrogen and oxygen atoms in total. The van der Waals surface area contributed by atoms with Crippen LogP contribution in [-0.4, -0.2) is 51.8 Å². The maximum atomic E-state index is 13.4. The summed E-state index contributed by atoms with van der Waals surface area (Å²) in [4.78, 5) is 14.4. The van der Waals surface area contributed by atoms with Gasteiger partial charge in [-0.05, 0) is 24.5 Å². The Labute approximate surface area is 145 Å². The van der Waals surface area contributed by atoms with Crippen LogP contribution in [0.15, 0.2) is 30.5 Å². The highest BCUT2D eigenvalue weighted by atomic mass is 35.5. The van der Waals surface area contributed by atoms with Crippen LogP contribution in [0.5, 0.6) is 0 Å². The minimum atomic E-state index is -0.373. The molecule has 0 saturated carbocycles. The van der Waals surface area contributed by atoms with Gasteiger partial charge in [0.05, 0.1) is 17.5 Å². The lowest BCUT2D eigenvalue weighted by atomic mass is 10.0. The average molecular weight is 355 g/mol. The summed E-state index contributed by atoms with van der Waals surface area (Å²) >= 11 is 0. The molecular weight excluding hydrogens is 335 g/mol. The topological polar surface area (TPSA) is 95.2 Å². The largest absolute Gasteiger partial charge is 0.396 e. The van der Waals surface area contributed by atoms with Gasteiger partial charge in [-0.1, -0.05) is 12.1 Å². The smallest absolute Gasteiger partial charge is 0.257 e. The minimum absolute atomic E-state index is 0. The zero-order valence-corrected chi connectivity index (χ0v) is 13.8. The minimum Gasteiger partial charge on any atom is -0.396 e. The Balaban J connectivity index is 0.00000208. The van der Waals surface area contributed by atoms with Crippen LogP contribution in [-0.2, 0) is 0 Å². The normalized spacial score (nSPS) is 20.0. The fourth-order valence-corrected chi connectivity index (χ4v) is 3.02. The van der Waals surface area contributed by atoms with Gasteiger partial charge < -0.3 is 15.7 Å². The molecule has 3 rings (SSSR count). The SMILES string of the molecule is Cl.N[C@H]1CN(C(=O)c2cn[nH]c2-c2cccc(F)c2)C[C@@H]1CCO. The summed E-state index contributed by atoms with van der Waals surface area (Å²) in [5.74, 6) is -0.468. The summed E-state index contributed by atoms with van der Waals surface area (Å²) in [6.45, 7) is 1.01. The number of H-pyrrole nitrogens is 1. The molecule has 2 aromatic rings. The van der Waals surface area contributed by atoms with Crippen molar-refractivity contribution in [1.29, 1.82) is 0 Å². The average Bonchev–Trinajstić information content (AvgIpc) is 3.15. The van der Waals surface area contributed by atoms with Crippen molar-refractivity contribution in [2.45, 2.75) is 12.5 Å². The predicted octanol–water partition coefficient (Wildman–Crippen LogP) is 1.42. The van der Waals surface area contributed by atoms with Crippen LogP contribution in [0.4, 0.5) is 4.39 Å². The summed E-state index contributed by atoms with van der Waals surface area (Å²) in [7, 11) is 0. The number of carbonyl (C=O) groups is 1. The number of aromatic amines is 1. The van der Waals surface area contributed by atoms with E-state index in [-0.39, 0.29) is 42.7 Å². The molecule has 0 aliphatic carbocycles. The monoisotopic (exact) mass is 354 g/mol. The van der Waals surface area contributed by atoms with Crippen molar-refractivity contribution in [3.63, 3.8) is 0 Å². The van der Waals surface area contributed by atoms with Gasteiger partial charge in [0.1, 0.15) is 5.82 Å². The standard InChI is InChI=1S/C16H19FN4O2.ClH/c17-12-3-1-2-10(6-12)15-13(7-19-20-15)16(23)21-8-11(4-5-22)14(18)9-21;/h1-3,6-7,11,14,22H,4-5,8-9,18H2,(H,19,20);1H/t11-,14-;/m0./s1. The van der Waals surface area contributed by atoms with Crippen LogP contribution < -0.4 is 5.73 Å². The van der Waals surface area contributed by atoms with Crippen LogP contribution in [0.1, 0.15) is 16.8 Å². The molecule has 130 valence electrons. The van der Waals surface area contributed by atoms with Gasteiger partial charge in [0.15, 0.2) is 0 Å². The first kappa shape index (κ1) is 18.4. The number of aromatic nitrogens is 2. The van der Waals surface area contributed by atoms with E-state index in [1.165, 1.54) is 18.3 Å². The maximum Gasteiger partial charge on any atom is 0.257 e. The molecule has 1 amide bonds. The number of rotatable bonds is 4. The van der Waals surface area contributed by atoms with E-state index in [9.17, 15) is 9.18 Å². The van der Waals surface area contributed by atoms with Gasteiger partial charge in [-0.2, -0.15) is 5.10 Å². The van der Waals surface area contributed by atoms with E-state index in [1.54, 1.807) is 17.0 Å². The number of hydrogen-bond acceptors (Lipinski definition) is 4. The van der Waals surface area contributed by atoms with Crippen molar-refractivity contribution in [3.05, 3.63) is 41.8 Å². The van der Waals surface area contributed by atoms with Crippen molar-refractivity contribution >= 4 is 18.3 Å². The zero-order chi connectivity index (χ0) is 16.4. The molecule has 1 fully saturated rings. The number of benzene rings is 1. The fourth-order valence-electron chi connectivity index (χ4n) is 3.02. The molecule has 24 heavy (non-hydrogen) atoms. The van der Waals surface area contributed by atoms with Crippen LogP contribution >= 0.6 is 12.4 Å². The molecule has 1 aliphatic heterocycles. The summed E-state index contributed by atoms with van der Waals surface area (Å²) in [6.07, 6.45) is 2.03. The van der Waals surface area contributed by atoms with Crippen LogP contribution in [0, 0.1) is 11.7 Å². The van der Waals surface area contributed by atoms with E-state index in [0.29, 0.717) is 36.3 Å². The van der Waals surface area contributed by atoms with Gasteiger partial charge in [0.2, 0.25) is 0 Å². The molecule has 8 heteroatoms. The second kappa shape index (κ2) is 7.74. The van der Waals surface area contributed by atoms with Gasteiger partial charge in [-0.15, -0.1) is 12.4 Å². The molecular formula is C16H20ClFN4O2. The second-order valence-electron chi connectivity index (χ2n) is 5.82. The highest BCUT2D eigenvalue weighted by Gasteiger charge is 2.34. The van der Waals surface area contributed by atoms with Crippen molar-refractivity contribution in [3.8, 4) is 11.3 Å². The Hall–Kier alpha value is -1.96. The summed E-state index contributed by atoms with van der Waals surface area (Å²) in [5, 5.41) is 15.8. The highest BCUT2D eigenvalue weighted by molar-refractivity contribution is 5.99. The number of hydrogen-bond donors (Lipinski definition) is 3. The van der Waals surface area contributed by atoms with Gasteiger partial charge in [0, 0.05) is 31.3 Å². The number of likely N-dealkylation sites (tertiary alicyclic amines) is 1. The Bertz CT molecular complexity index is 709. The number of nitrogens with one attached hydrogen (secondary N) is 1. The van der Waals surface area contributed by atoms with Crippen molar-refractivity contribution in [2.75, 3.05) is 19.7 Å². The van der Waals surface area contributed by atoms with Crippen LogP contribution in [0.3, 0.4) is 0 Å². The lowest BCUT2D eigenvalue weighted by molar-refractivity contribution is 0.0784. The predicted molar refractivity (Wildman–Crippen MR) is 90.3 cm³/mol. The van der Waals surface area contributed by atoms with E-state index in [2.05, 4.69) is 10.2 Å². The lowest BCUT2D eigenvalue weighted by Crippen LogP contribution is -2.32. The van der Waals surface area contributed by atoms with E-state index >= 15 is 0 Å². The number of carbonyl (C=O) groups excluding carboxylic acids is 1. The van der Waals surface area contributed by atoms with Crippen molar-refractivity contribution in [1.82, 2.24) is 15.1 Å². The Kier molecular flexibility index (Phi) is 5.93. The molecule has 0 bridgehead atoms. The summed E-state index contributed by atoms with van der Waals surface area (Å²) < 4.78 is 13.4. The van der Waals surface area contributed by atoms with Gasteiger partial charge >= 0.3 is 0 Å². The molecule has 2 atom stereocenters. The number of nitrogens with two attached hydrogens (primary N) is 1. The number of aliphatic hydroxyl groups is 1. The number of halogens is 2. The van der Waals surface area contributed by atoms with Gasteiger partial charge in [-0.3, -0.25) is 9.89 Å². The highest BCUT2D eigenvalue weighted by Crippen LogP contribution is 2.26. The lowest BCUT2D eigenvalue weighted by Gasteiger charge is -2.16.